The van der Waals surface area contributed by atoms with Crippen molar-refractivity contribution in [3.8, 4) is 5.75 Å². The highest BCUT2D eigenvalue weighted by Crippen LogP contribution is 2.41. The summed E-state index contributed by atoms with van der Waals surface area (Å²) in [6, 6.07) is 5.92. The molecular weight excluding hydrogens is 302 g/mol. The largest absolute Gasteiger partial charge is 0.492 e. The standard InChI is InChI=1S/C19H23N3O2/c1-19(2)12-24-16-14(5-4-6-15(16)19)18(23)22-9-7-13(11-22)17-20-8-10-21(17)3/h4-6,8,10,13H,7,9,11-12H2,1-3H3. The van der Waals surface area contributed by atoms with Gasteiger partial charge < -0.3 is 14.2 Å². The second-order valence-electron chi connectivity index (χ2n) is 7.49. The van der Waals surface area contributed by atoms with Gasteiger partial charge in [0.15, 0.2) is 0 Å². The van der Waals surface area contributed by atoms with Crippen LogP contribution in [-0.4, -0.2) is 40.1 Å². The lowest BCUT2D eigenvalue weighted by atomic mass is 9.86. The number of amides is 1. The van der Waals surface area contributed by atoms with E-state index in [0.717, 1.165) is 36.6 Å². The molecule has 1 aromatic carbocycles. The van der Waals surface area contributed by atoms with E-state index in [4.69, 9.17) is 4.74 Å². The number of likely N-dealkylation sites (tertiary alicyclic amines) is 1. The predicted molar refractivity (Wildman–Crippen MR) is 91.4 cm³/mol. The molecule has 0 bridgehead atoms. The lowest BCUT2D eigenvalue weighted by molar-refractivity contribution is 0.0786. The van der Waals surface area contributed by atoms with Crippen molar-refractivity contribution in [2.24, 2.45) is 7.05 Å². The van der Waals surface area contributed by atoms with E-state index in [-0.39, 0.29) is 11.3 Å². The summed E-state index contributed by atoms with van der Waals surface area (Å²) in [7, 11) is 2.01. The first-order chi connectivity index (χ1) is 11.5. The van der Waals surface area contributed by atoms with Gasteiger partial charge in [-0.3, -0.25) is 4.79 Å². The molecule has 0 aliphatic carbocycles. The molecule has 5 nitrogen and oxygen atoms in total. The smallest absolute Gasteiger partial charge is 0.257 e. The molecule has 5 heteroatoms. The highest BCUT2D eigenvalue weighted by Gasteiger charge is 2.37. The summed E-state index contributed by atoms with van der Waals surface area (Å²) in [6.07, 6.45) is 4.73. The van der Waals surface area contributed by atoms with Crippen LogP contribution in [0.2, 0.25) is 0 Å². The van der Waals surface area contributed by atoms with E-state index in [9.17, 15) is 4.79 Å². The molecule has 0 saturated carbocycles. The fraction of sp³-hybridized carbons (Fsp3) is 0.474. The maximum atomic E-state index is 13.0. The number of nitrogens with zero attached hydrogens (tertiary/aromatic N) is 3. The van der Waals surface area contributed by atoms with Crippen LogP contribution in [0.15, 0.2) is 30.6 Å². The summed E-state index contributed by atoms with van der Waals surface area (Å²) >= 11 is 0. The average Bonchev–Trinajstić information content (AvgIpc) is 3.26. The maximum absolute atomic E-state index is 13.0. The Hall–Kier alpha value is -2.30. The molecule has 0 radical (unpaired) electrons. The first-order valence-electron chi connectivity index (χ1n) is 8.50. The number of hydrogen-bond donors (Lipinski definition) is 0. The first kappa shape index (κ1) is 15.2. The molecule has 3 heterocycles. The van der Waals surface area contributed by atoms with E-state index in [1.807, 2.05) is 41.0 Å². The molecule has 1 unspecified atom stereocenters. The number of imidazole rings is 1. The summed E-state index contributed by atoms with van der Waals surface area (Å²) in [5.74, 6) is 2.21. The number of benzene rings is 1. The third kappa shape index (κ3) is 2.30. The number of aryl methyl sites for hydroxylation is 1. The van der Waals surface area contributed by atoms with Crippen LogP contribution < -0.4 is 4.74 Å². The summed E-state index contributed by atoms with van der Waals surface area (Å²) < 4.78 is 7.93. The fourth-order valence-corrected chi connectivity index (χ4v) is 3.82. The number of carbonyl (C=O) groups is 1. The number of aromatic nitrogens is 2. The molecule has 0 spiro atoms. The van der Waals surface area contributed by atoms with Crippen molar-refractivity contribution in [1.29, 1.82) is 0 Å². The van der Waals surface area contributed by atoms with Gasteiger partial charge in [0.1, 0.15) is 11.6 Å². The molecule has 1 fully saturated rings. The van der Waals surface area contributed by atoms with Crippen molar-refractivity contribution >= 4 is 5.91 Å². The lowest BCUT2D eigenvalue weighted by Gasteiger charge is -2.19. The van der Waals surface area contributed by atoms with E-state index in [2.05, 4.69) is 24.9 Å². The topological polar surface area (TPSA) is 47.4 Å². The number of rotatable bonds is 2. The normalized spacial score (nSPS) is 21.6. The number of carbonyl (C=O) groups excluding carboxylic acids is 1. The highest BCUT2D eigenvalue weighted by atomic mass is 16.5. The van der Waals surface area contributed by atoms with Gasteiger partial charge in [0, 0.05) is 49.4 Å². The second-order valence-corrected chi connectivity index (χ2v) is 7.49. The van der Waals surface area contributed by atoms with Gasteiger partial charge in [0.05, 0.1) is 12.2 Å². The van der Waals surface area contributed by atoms with E-state index >= 15 is 0 Å². The van der Waals surface area contributed by atoms with Gasteiger partial charge in [-0.15, -0.1) is 0 Å². The number of para-hydroxylation sites is 1. The van der Waals surface area contributed by atoms with Gasteiger partial charge in [0.25, 0.3) is 5.91 Å². The minimum atomic E-state index is -0.0356. The molecule has 126 valence electrons. The first-order valence-corrected chi connectivity index (χ1v) is 8.50. The molecule has 1 saturated heterocycles. The quantitative estimate of drug-likeness (QED) is 0.853. The van der Waals surface area contributed by atoms with Crippen molar-refractivity contribution in [3.05, 3.63) is 47.5 Å². The summed E-state index contributed by atoms with van der Waals surface area (Å²) in [4.78, 5) is 19.4. The number of fused-ring (bicyclic) bond motifs is 1. The Kier molecular flexibility index (Phi) is 3.41. The second kappa shape index (κ2) is 5.36. The zero-order valence-corrected chi connectivity index (χ0v) is 14.5. The van der Waals surface area contributed by atoms with E-state index in [0.29, 0.717) is 18.1 Å². The van der Waals surface area contributed by atoms with Crippen molar-refractivity contribution in [2.75, 3.05) is 19.7 Å². The fourth-order valence-electron chi connectivity index (χ4n) is 3.82. The van der Waals surface area contributed by atoms with Crippen LogP contribution in [-0.2, 0) is 12.5 Å². The van der Waals surface area contributed by atoms with E-state index in [1.54, 1.807) is 0 Å². The van der Waals surface area contributed by atoms with Crippen LogP contribution >= 0.6 is 0 Å². The molecule has 4 rings (SSSR count). The Labute approximate surface area is 142 Å². The van der Waals surface area contributed by atoms with Crippen molar-refractivity contribution in [1.82, 2.24) is 14.5 Å². The van der Waals surface area contributed by atoms with Crippen LogP contribution in [0.5, 0.6) is 5.75 Å². The van der Waals surface area contributed by atoms with Crippen LogP contribution in [0.4, 0.5) is 0 Å². The van der Waals surface area contributed by atoms with Gasteiger partial charge in [-0.05, 0) is 12.5 Å². The molecule has 24 heavy (non-hydrogen) atoms. The third-order valence-corrected chi connectivity index (χ3v) is 5.25. The molecule has 0 N–H and O–H groups in total. The Balaban J connectivity index is 1.58. The summed E-state index contributed by atoms with van der Waals surface area (Å²) in [6.45, 7) is 6.42. The molecule has 1 atom stereocenters. The van der Waals surface area contributed by atoms with Gasteiger partial charge in [-0.2, -0.15) is 0 Å². The number of hydrogen-bond acceptors (Lipinski definition) is 3. The van der Waals surface area contributed by atoms with Crippen molar-refractivity contribution in [2.45, 2.75) is 31.6 Å². The summed E-state index contributed by atoms with van der Waals surface area (Å²) in [5.41, 5.74) is 1.79. The van der Waals surface area contributed by atoms with Gasteiger partial charge in [-0.1, -0.05) is 26.0 Å². The summed E-state index contributed by atoms with van der Waals surface area (Å²) in [5, 5.41) is 0. The molecular formula is C19H23N3O2. The Morgan fingerprint density at radius 2 is 2.21 bits per heavy atom. The van der Waals surface area contributed by atoms with Gasteiger partial charge >= 0.3 is 0 Å². The third-order valence-electron chi connectivity index (χ3n) is 5.25. The maximum Gasteiger partial charge on any atom is 0.257 e. The Bertz CT molecular complexity index is 794. The Morgan fingerprint density at radius 3 is 2.96 bits per heavy atom. The molecule has 2 aliphatic heterocycles. The van der Waals surface area contributed by atoms with Gasteiger partial charge in [0.2, 0.25) is 0 Å². The van der Waals surface area contributed by atoms with Crippen molar-refractivity contribution < 1.29 is 9.53 Å². The lowest BCUT2D eigenvalue weighted by Crippen LogP contribution is -2.29. The minimum Gasteiger partial charge on any atom is -0.492 e. The molecule has 2 aromatic rings. The average molecular weight is 325 g/mol. The van der Waals surface area contributed by atoms with Crippen molar-refractivity contribution in [3.63, 3.8) is 0 Å². The SMILES string of the molecule is Cn1ccnc1C1CCN(C(=O)c2cccc3c2OCC3(C)C)C1. The highest BCUT2D eigenvalue weighted by molar-refractivity contribution is 5.98. The number of ether oxygens (including phenoxy) is 1. The zero-order valence-electron chi connectivity index (χ0n) is 14.5. The molecule has 2 aliphatic rings. The molecule has 1 amide bonds. The van der Waals surface area contributed by atoms with Crippen LogP contribution in [0.25, 0.3) is 0 Å². The van der Waals surface area contributed by atoms with Crippen LogP contribution in [0.1, 0.15) is 47.9 Å². The monoisotopic (exact) mass is 325 g/mol. The van der Waals surface area contributed by atoms with E-state index in [1.165, 1.54) is 0 Å². The van der Waals surface area contributed by atoms with Gasteiger partial charge in [-0.25, -0.2) is 4.98 Å². The minimum absolute atomic E-state index is 0.0356. The van der Waals surface area contributed by atoms with Crippen LogP contribution in [0, 0.1) is 0 Å². The zero-order chi connectivity index (χ0) is 16.9. The van der Waals surface area contributed by atoms with Crippen LogP contribution in [0.3, 0.4) is 0 Å². The molecule has 1 aromatic heterocycles. The Morgan fingerprint density at radius 1 is 1.38 bits per heavy atom. The predicted octanol–water partition coefficient (Wildman–Crippen LogP) is 2.72. The van der Waals surface area contributed by atoms with E-state index < -0.39 is 0 Å².